The standard InChI is InChI=1S/C35H48ClN5O2/c1-24(2)23-41(28-13-17-39(18-14-28)25(3)4)29-15-19-40(20-16-29)35(43)33(21-26-9-11-27(36)12-10-26)38-34(42)31-22-37-32-8-6-5-7-30(31)32/h5-12,22,24-25,28-29,33,37H,13-21,23H2,1-4H3,(H,38,42). The number of carbonyl (C=O) groups is 2. The molecule has 1 unspecified atom stereocenters. The average Bonchev–Trinajstić information content (AvgIpc) is 3.45. The number of aromatic nitrogens is 1. The summed E-state index contributed by atoms with van der Waals surface area (Å²) in [4.78, 5) is 38.1. The van der Waals surface area contributed by atoms with E-state index in [1.54, 1.807) is 6.20 Å². The van der Waals surface area contributed by atoms with Crippen LogP contribution in [0.1, 0.15) is 69.3 Å². The summed E-state index contributed by atoms with van der Waals surface area (Å²) in [5.74, 6) is 0.351. The summed E-state index contributed by atoms with van der Waals surface area (Å²) in [6.45, 7) is 14.1. The maximum absolute atomic E-state index is 14.1. The number of piperidine rings is 2. The molecule has 2 aliphatic rings. The average molecular weight is 606 g/mol. The molecule has 2 fully saturated rings. The predicted molar refractivity (Wildman–Crippen MR) is 176 cm³/mol. The van der Waals surface area contributed by atoms with Crippen LogP contribution in [0, 0.1) is 5.92 Å². The van der Waals surface area contributed by atoms with Gasteiger partial charge in [0.15, 0.2) is 0 Å². The van der Waals surface area contributed by atoms with Crippen LogP contribution < -0.4 is 5.32 Å². The van der Waals surface area contributed by atoms with Crippen molar-refractivity contribution in [1.29, 1.82) is 0 Å². The minimum absolute atomic E-state index is 0.0118. The summed E-state index contributed by atoms with van der Waals surface area (Å²) in [6, 6.07) is 16.3. The van der Waals surface area contributed by atoms with Crippen LogP contribution in [0.25, 0.3) is 10.9 Å². The van der Waals surface area contributed by atoms with Gasteiger partial charge in [-0.2, -0.15) is 0 Å². The Bertz CT molecular complexity index is 1350. The molecule has 2 saturated heterocycles. The maximum atomic E-state index is 14.1. The number of nitrogens with zero attached hydrogens (tertiary/aromatic N) is 3. The molecule has 43 heavy (non-hydrogen) atoms. The zero-order valence-corrected chi connectivity index (χ0v) is 26.9. The molecule has 3 aromatic rings. The van der Waals surface area contributed by atoms with Crippen molar-refractivity contribution in [3.05, 3.63) is 70.9 Å². The van der Waals surface area contributed by atoms with Gasteiger partial charge in [-0.05, 0) is 82.3 Å². The number of amides is 2. The second-order valence-electron chi connectivity index (χ2n) is 13.1. The van der Waals surface area contributed by atoms with Crippen LogP contribution in [0.15, 0.2) is 54.7 Å². The van der Waals surface area contributed by atoms with Gasteiger partial charge in [-0.25, -0.2) is 0 Å². The Morgan fingerprint density at radius 3 is 2.19 bits per heavy atom. The maximum Gasteiger partial charge on any atom is 0.254 e. The molecule has 0 bridgehead atoms. The fraction of sp³-hybridized carbons (Fsp3) is 0.543. The highest BCUT2D eigenvalue weighted by atomic mass is 35.5. The number of hydrogen-bond donors (Lipinski definition) is 2. The first kappa shape index (κ1) is 31.6. The highest BCUT2D eigenvalue weighted by molar-refractivity contribution is 6.30. The summed E-state index contributed by atoms with van der Waals surface area (Å²) in [7, 11) is 0. The second kappa shape index (κ2) is 14.3. The molecule has 3 heterocycles. The first-order valence-electron chi connectivity index (χ1n) is 16.1. The number of benzene rings is 2. The molecule has 1 aromatic heterocycles. The van der Waals surface area contributed by atoms with Crippen LogP contribution in [0.3, 0.4) is 0 Å². The smallest absolute Gasteiger partial charge is 0.254 e. The number of carbonyl (C=O) groups excluding carboxylic acids is 2. The topological polar surface area (TPSA) is 71.7 Å². The number of likely N-dealkylation sites (tertiary alicyclic amines) is 2. The van der Waals surface area contributed by atoms with E-state index in [0.717, 1.165) is 48.9 Å². The zero-order valence-electron chi connectivity index (χ0n) is 26.2. The van der Waals surface area contributed by atoms with Gasteiger partial charge < -0.3 is 20.1 Å². The molecule has 5 rings (SSSR count). The van der Waals surface area contributed by atoms with E-state index >= 15 is 0 Å². The normalized spacial score (nSPS) is 18.2. The SMILES string of the molecule is CC(C)CN(C1CCN(C(=O)C(Cc2ccc(Cl)cc2)NC(=O)c2c[nH]c3ccccc23)CC1)C1CCN(C(C)C)CC1. The molecule has 0 saturated carbocycles. The molecule has 8 heteroatoms. The van der Waals surface area contributed by atoms with Crippen LogP contribution >= 0.6 is 11.6 Å². The lowest BCUT2D eigenvalue weighted by atomic mass is 9.94. The molecule has 0 aliphatic carbocycles. The Morgan fingerprint density at radius 2 is 1.56 bits per heavy atom. The number of halogens is 1. The molecular formula is C35H48ClN5O2. The van der Waals surface area contributed by atoms with Gasteiger partial charge in [0.05, 0.1) is 5.56 Å². The van der Waals surface area contributed by atoms with Crippen molar-refractivity contribution in [3.63, 3.8) is 0 Å². The molecule has 0 radical (unpaired) electrons. The summed E-state index contributed by atoms with van der Waals surface area (Å²) in [5.41, 5.74) is 2.42. The minimum atomic E-state index is -0.661. The number of hydrogen-bond acceptors (Lipinski definition) is 4. The number of nitrogens with one attached hydrogen (secondary N) is 2. The summed E-state index contributed by atoms with van der Waals surface area (Å²) >= 11 is 6.13. The highest BCUT2D eigenvalue weighted by Crippen LogP contribution is 2.27. The van der Waals surface area contributed by atoms with Crippen LogP contribution in [0.2, 0.25) is 5.02 Å². The lowest BCUT2D eigenvalue weighted by Crippen LogP contribution is -2.56. The van der Waals surface area contributed by atoms with E-state index in [0.29, 0.717) is 54.1 Å². The lowest BCUT2D eigenvalue weighted by Gasteiger charge is -2.46. The first-order valence-corrected chi connectivity index (χ1v) is 16.5. The molecule has 232 valence electrons. The third kappa shape index (κ3) is 7.81. The monoisotopic (exact) mass is 605 g/mol. The molecule has 1 atom stereocenters. The van der Waals surface area contributed by atoms with Crippen LogP contribution in [-0.4, -0.2) is 88.4 Å². The number of H-pyrrole nitrogens is 1. The molecule has 2 N–H and O–H groups in total. The van der Waals surface area contributed by atoms with Gasteiger partial charge in [0.1, 0.15) is 6.04 Å². The van der Waals surface area contributed by atoms with E-state index in [4.69, 9.17) is 11.6 Å². The Kier molecular flexibility index (Phi) is 10.5. The summed E-state index contributed by atoms with van der Waals surface area (Å²) in [5, 5.41) is 4.60. The minimum Gasteiger partial charge on any atom is -0.360 e. The van der Waals surface area contributed by atoms with Crippen LogP contribution in [0.4, 0.5) is 0 Å². The predicted octanol–water partition coefficient (Wildman–Crippen LogP) is 5.98. The number of para-hydroxylation sites is 1. The number of rotatable bonds is 10. The third-order valence-corrected chi connectivity index (χ3v) is 9.56. The fourth-order valence-corrected chi connectivity index (χ4v) is 7.07. The zero-order chi connectivity index (χ0) is 30.5. The van der Waals surface area contributed by atoms with E-state index in [1.807, 2.05) is 53.4 Å². The largest absolute Gasteiger partial charge is 0.360 e. The van der Waals surface area contributed by atoms with Crippen molar-refractivity contribution in [1.82, 2.24) is 25.0 Å². The van der Waals surface area contributed by atoms with Gasteiger partial charge >= 0.3 is 0 Å². The summed E-state index contributed by atoms with van der Waals surface area (Å²) in [6.07, 6.45) is 6.50. The van der Waals surface area contributed by atoms with Crippen molar-refractivity contribution in [2.24, 2.45) is 5.92 Å². The van der Waals surface area contributed by atoms with Gasteiger partial charge in [-0.15, -0.1) is 0 Å². The molecule has 0 spiro atoms. The van der Waals surface area contributed by atoms with Gasteiger partial charge in [-0.3, -0.25) is 14.5 Å². The van der Waals surface area contributed by atoms with Crippen LogP contribution in [0.5, 0.6) is 0 Å². The summed E-state index contributed by atoms with van der Waals surface area (Å²) < 4.78 is 0. The van der Waals surface area contributed by atoms with Crippen LogP contribution in [-0.2, 0) is 11.2 Å². The molecule has 2 aliphatic heterocycles. The van der Waals surface area contributed by atoms with E-state index in [2.05, 4.69) is 47.8 Å². The fourth-order valence-electron chi connectivity index (χ4n) is 6.94. The van der Waals surface area contributed by atoms with Crippen molar-refractivity contribution < 1.29 is 9.59 Å². The Labute approximate surface area is 261 Å². The highest BCUT2D eigenvalue weighted by Gasteiger charge is 2.35. The van der Waals surface area contributed by atoms with Gasteiger partial charge in [0.2, 0.25) is 5.91 Å². The van der Waals surface area contributed by atoms with Crippen molar-refractivity contribution >= 4 is 34.3 Å². The van der Waals surface area contributed by atoms with E-state index in [-0.39, 0.29) is 11.8 Å². The van der Waals surface area contributed by atoms with Gasteiger partial charge in [0, 0.05) is 66.3 Å². The second-order valence-corrected chi connectivity index (χ2v) is 13.5. The Balaban J connectivity index is 1.27. The lowest BCUT2D eigenvalue weighted by molar-refractivity contribution is -0.135. The van der Waals surface area contributed by atoms with E-state index in [9.17, 15) is 9.59 Å². The molecular weight excluding hydrogens is 558 g/mol. The van der Waals surface area contributed by atoms with Gasteiger partial charge in [-0.1, -0.05) is 55.8 Å². The molecule has 7 nitrogen and oxygen atoms in total. The van der Waals surface area contributed by atoms with Gasteiger partial charge in [0.25, 0.3) is 5.91 Å². The molecule has 2 amide bonds. The Morgan fingerprint density at radius 1 is 0.930 bits per heavy atom. The van der Waals surface area contributed by atoms with Crippen molar-refractivity contribution in [3.8, 4) is 0 Å². The van der Waals surface area contributed by atoms with Crippen molar-refractivity contribution in [2.75, 3.05) is 32.7 Å². The Hall–Kier alpha value is -2.87. The number of fused-ring (bicyclic) bond motifs is 1. The number of aromatic amines is 1. The van der Waals surface area contributed by atoms with E-state index in [1.165, 1.54) is 12.8 Å². The third-order valence-electron chi connectivity index (χ3n) is 9.31. The quantitative estimate of drug-likeness (QED) is 0.298. The van der Waals surface area contributed by atoms with Crippen molar-refractivity contribution in [2.45, 2.75) is 84.0 Å². The van der Waals surface area contributed by atoms with E-state index < -0.39 is 6.04 Å². The first-order chi connectivity index (χ1) is 20.7. The molecule has 2 aromatic carbocycles.